The largest absolute Gasteiger partial charge is 0.495 e. The zero-order valence-electron chi connectivity index (χ0n) is 8.96. The number of aliphatic hydroxyl groups is 1. The van der Waals surface area contributed by atoms with Crippen LogP contribution in [0, 0.1) is 0 Å². The first-order chi connectivity index (χ1) is 7.79. The van der Waals surface area contributed by atoms with Crippen LogP contribution in [0.4, 0.5) is 0 Å². The molecule has 0 amide bonds. The summed E-state index contributed by atoms with van der Waals surface area (Å²) in [6.07, 6.45) is 3.38. The van der Waals surface area contributed by atoms with Gasteiger partial charge >= 0.3 is 0 Å². The zero-order chi connectivity index (χ0) is 11.4. The number of aromatic nitrogens is 1. The van der Waals surface area contributed by atoms with E-state index in [2.05, 4.69) is 4.98 Å². The molecule has 0 fully saturated rings. The molecular weight excluding hydrogens is 222 g/mol. The number of hydrogen-bond acceptors (Lipinski definition) is 4. The van der Waals surface area contributed by atoms with Gasteiger partial charge in [-0.3, -0.25) is 4.98 Å². The molecule has 0 radical (unpaired) electrons. The summed E-state index contributed by atoms with van der Waals surface area (Å²) in [4.78, 5) is 5.19. The summed E-state index contributed by atoms with van der Waals surface area (Å²) < 4.78 is 5.07. The summed E-state index contributed by atoms with van der Waals surface area (Å²) in [6, 6.07) is 5.81. The van der Waals surface area contributed by atoms with Gasteiger partial charge in [-0.15, -0.1) is 11.3 Å². The van der Waals surface area contributed by atoms with Gasteiger partial charge in [-0.1, -0.05) is 6.07 Å². The third-order valence-electron chi connectivity index (χ3n) is 2.33. The Kier molecular flexibility index (Phi) is 3.54. The van der Waals surface area contributed by atoms with Crippen molar-refractivity contribution in [2.75, 3.05) is 7.11 Å². The minimum Gasteiger partial charge on any atom is -0.495 e. The van der Waals surface area contributed by atoms with Crippen LogP contribution in [0.2, 0.25) is 0 Å². The summed E-state index contributed by atoms with van der Waals surface area (Å²) in [5.74, 6) is 0.669. The molecule has 16 heavy (non-hydrogen) atoms. The first-order valence-corrected chi connectivity index (χ1v) is 5.87. The van der Waals surface area contributed by atoms with E-state index in [1.54, 1.807) is 30.8 Å². The van der Waals surface area contributed by atoms with Crippen LogP contribution in [0.15, 0.2) is 36.0 Å². The van der Waals surface area contributed by atoms with Crippen molar-refractivity contribution in [1.29, 1.82) is 0 Å². The summed E-state index contributed by atoms with van der Waals surface area (Å²) in [7, 11) is 1.59. The van der Waals surface area contributed by atoms with Crippen LogP contribution < -0.4 is 4.74 Å². The lowest BCUT2D eigenvalue weighted by Gasteiger charge is -2.10. The molecule has 2 aromatic heterocycles. The first kappa shape index (κ1) is 11.1. The van der Waals surface area contributed by atoms with E-state index in [1.165, 1.54) is 0 Å². The van der Waals surface area contributed by atoms with Crippen molar-refractivity contribution in [3.8, 4) is 5.75 Å². The number of ether oxygens (including phenoxy) is 1. The van der Waals surface area contributed by atoms with Crippen molar-refractivity contribution in [3.63, 3.8) is 0 Å². The van der Waals surface area contributed by atoms with Crippen LogP contribution in [0.5, 0.6) is 5.75 Å². The number of thiophene rings is 1. The molecule has 0 bridgehead atoms. The van der Waals surface area contributed by atoms with Gasteiger partial charge in [0.25, 0.3) is 0 Å². The van der Waals surface area contributed by atoms with Crippen LogP contribution >= 0.6 is 11.3 Å². The third-order valence-corrected chi connectivity index (χ3v) is 3.23. The molecule has 0 aliphatic rings. The predicted octanol–water partition coefficient (Wildman–Crippen LogP) is 2.43. The zero-order valence-corrected chi connectivity index (χ0v) is 9.78. The van der Waals surface area contributed by atoms with Crippen molar-refractivity contribution in [1.82, 2.24) is 4.98 Å². The summed E-state index contributed by atoms with van der Waals surface area (Å²) in [5.41, 5.74) is 0.785. The summed E-state index contributed by atoms with van der Waals surface area (Å²) in [6.45, 7) is 0. The number of rotatable bonds is 4. The molecule has 0 aromatic carbocycles. The van der Waals surface area contributed by atoms with E-state index in [9.17, 15) is 5.11 Å². The van der Waals surface area contributed by atoms with Crippen molar-refractivity contribution in [2.45, 2.75) is 12.5 Å². The number of aliphatic hydroxyl groups excluding tert-OH is 1. The smallest absolute Gasteiger partial charge is 0.137 e. The normalized spacial score (nSPS) is 12.4. The van der Waals surface area contributed by atoms with E-state index in [1.807, 2.05) is 23.6 Å². The molecule has 0 spiro atoms. The molecule has 0 saturated carbocycles. The molecule has 1 N–H and O–H groups in total. The maximum atomic E-state index is 10.0. The highest BCUT2D eigenvalue weighted by Crippen LogP contribution is 2.22. The average molecular weight is 235 g/mol. The Hall–Kier alpha value is -1.39. The highest BCUT2D eigenvalue weighted by atomic mass is 32.1. The predicted molar refractivity (Wildman–Crippen MR) is 63.8 cm³/mol. The Morgan fingerprint density at radius 2 is 2.38 bits per heavy atom. The summed E-state index contributed by atoms with van der Waals surface area (Å²) >= 11 is 1.64. The highest BCUT2D eigenvalue weighted by molar-refractivity contribution is 7.09. The quantitative estimate of drug-likeness (QED) is 0.885. The number of nitrogens with zero attached hydrogens (tertiary/aromatic N) is 1. The van der Waals surface area contributed by atoms with Gasteiger partial charge in [0.05, 0.1) is 19.4 Å². The standard InChI is InChI=1S/C12H13NO2S/c1-15-10-5-9(7-13-8-10)12(14)6-11-3-2-4-16-11/h2-5,7-8,12,14H,6H2,1H3. The lowest BCUT2D eigenvalue weighted by Crippen LogP contribution is -2.01. The van der Waals surface area contributed by atoms with Crippen LogP contribution in [-0.2, 0) is 6.42 Å². The molecule has 0 aliphatic heterocycles. The van der Waals surface area contributed by atoms with E-state index in [4.69, 9.17) is 4.74 Å². The molecule has 0 aliphatic carbocycles. The number of hydrogen-bond donors (Lipinski definition) is 1. The molecule has 3 nitrogen and oxygen atoms in total. The number of methoxy groups -OCH3 is 1. The molecule has 1 unspecified atom stereocenters. The fraction of sp³-hybridized carbons (Fsp3) is 0.250. The van der Waals surface area contributed by atoms with Gasteiger partial charge in [-0.05, 0) is 17.5 Å². The second kappa shape index (κ2) is 5.09. The molecule has 2 rings (SSSR count). The van der Waals surface area contributed by atoms with Gasteiger partial charge in [-0.2, -0.15) is 0 Å². The maximum Gasteiger partial charge on any atom is 0.137 e. The Morgan fingerprint density at radius 3 is 3.06 bits per heavy atom. The Bertz CT molecular complexity index is 442. The molecule has 1 atom stereocenters. The Balaban J connectivity index is 2.11. The van der Waals surface area contributed by atoms with Gasteiger partial charge in [0.15, 0.2) is 0 Å². The lowest BCUT2D eigenvalue weighted by atomic mass is 10.1. The highest BCUT2D eigenvalue weighted by Gasteiger charge is 2.10. The van der Waals surface area contributed by atoms with Crippen LogP contribution in [-0.4, -0.2) is 17.2 Å². The van der Waals surface area contributed by atoms with Crippen molar-refractivity contribution in [3.05, 3.63) is 46.4 Å². The fourth-order valence-electron chi connectivity index (χ4n) is 1.47. The van der Waals surface area contributed by atoms with E-state index >= 15 is 0 Å². The topological polar surface area (TPSA) is 42.4 Å². The average Bonchev–Trinajstić information content (AvgIpc) is 2.82. The van der Waals surface area contributed by atoms with E-state index < -0.39 is 6.10 Å². The molecule has 2 heterocycles. The van der Waals surface area contributed by atoms with Crippen LogP contribution in [0.3, 0.4) is 0 Å². The first-order valence-electron chi connectivity index (χ1n) is 4.99. The van der Waals surface area contributed by atoms with Crippen LogP contribution in [0.1, 0.15) is 16.5 Å². The van der Waals surface area contributed by atoms with E-state index in [0.29, 0.717) is 12.2 Å². The molecule has 0 saturated heterocycles. The maximum absolute atomic E-state index is 10.0. The van der Waals surface area contributed by atoms with Crippen molar-refractivity contribution in [2.24, 2.45) is 0 Å². The Morgan fingerprint density at radius 1 is 1.50 bits per heavy atom. The van der Waals surface area contributed by atoms with Gasteiger partial charge in [0.1, 0.15) is 5.75 Å². The molecule has 2 aromatic rings. The second-order valence-electron chi connectivity index (χ2n) is 3.46. The minimum atomic E-state index is -0.527. The summed E-state index contributed by atoms with van der Waals surface area (Å²) in [5, 5.41) is 12.0. The third kappa shape index (κ3) is 2.59. The van der Waals surface area contributed by atoms with E-state index in [0.717, 1.165) is 10.4 Å². The second-order valence-corrected chi connectivity index (χ2v) is 4.49. The Labute approximate surface area is 98.4 Å². The van der Waals surface area contributed by atoms with Gasteiger partial charge in [-0.25, -0.2) is 0 Å². The van der Waals surface area contributed by atoms with Gasteiger partial charge in [0.2, 0.25) is 0 Å². The molecular formula is C12H13NO2S. The SMILES string of the molecule is COc1cncc(C(O)Cc2cccs2)c1. The molecule has 84 valence electrons. The van der Waals surface area contributed by atoms with Gasteiger partial charge < -0.3 is 9.84 Å². The lowest BCUT2D eigenvalue weighted by molar-refractivity contribution is 0.178. The van der Waals surface area contributed by atoms with Crippen molar-refractivity contribution < 1.29 is 9.84 Å². The van der Waals surface area contributed by atoms with Crippen LogP contribution in [0.25, 0.3) is 0 Å². The monoisotopic (exact) mass is 235 g/mol. The minimum absolute atomic E-state index is 0.527. The fourth-order valence-corrected chi connectivity index (χ4v) is 2.21. The van der Waals surface area contributed by atoms with E-state index in [-0.39, 0.29) is 0 Å². The number of pyridine rings is 1. The van der Waals surface area contributed by atoms with Gasteiger partial charge in [0, 0.05) is 23.1 Å². The van der Waals surface area contributed by atoms with Crippen molar-refractivity contribution >= 4 is 11.3 Å². The molecule has 4 heteroatoms.